The molecule has 0 heterocycles. The second-order valence-corrected chi connectivity index (χ2v) is 7.32. The molecule has 0 aliphatic carbocycles. The maximum absolute atomic E-state index is 13.5. The van der Waals surface area contributed by atoms with Crippen LogP contribution in [0, 0.1) is 12.7 Å². The Bertz CT molecular complexity index is 957. The summed E-state index contributed by atoms with van der Waals surface area (Å²) in [5.74, 6) is -0.487. The van der Waals surface area contributed by atoms with Crippen LogP contribution in [-0.2, 0) is 21.5 Å². The quantitative estimate of drug-likeness (QED) is 0.443. The lowest BCUT2D eigenvalue weighted by molar-refractivity contribution is -0.0429. The van der Waals surface area contributed by atoms with Gasteiger partial charge in [0.25, 0.3) is 0 Å². The van der Waals surface area contributed by atoms with Gasteiger partial charge in [-0.25, -0.2) is 4.39 Å². The second kappa shape index (κ2) is 7.95. The van der Waals surface area contributed by atoms with Crippen molar-refractivity contribution in [3.05, 3.63) is 65.0 Å². The predicted molar refractivity (Wildman–Crippen MR) is 93.2 cm³/mol. The molecule has 0 saturated carbocycles. The standard InChI is InChI=1S/C17H16F4N2O3S/c1-11-7-8-16(23-27(24,25)17(19,20)21)14(9-11)12(2)22-26-10-13-5-3-4-6-15(13)18/h3-9,23H,10H2,1-2H3/b22-12+. The Morgan fingerprint density at radius 3 is 2.48 bits per heavy atom. The summed E-state index contributed by atoms with van der Waals surface area (Å²) in [5.41, 5.74) is -4.61. The maximum atomic E-state index is 13.5. The Labute approximate surface area is 153 Å². The van der Waals surface area contributed by atoms with Crippen molar-refractivity contribution in [2.24, 2.45) is 5.16 Å². The number of anilines is 1. The first-order chi connectivity index (χ1) is 12.5. The molecule has 0 unspecified atom stereocenters. The van der Waals surface area contributed by atoms with Crippen molar-refractivity contribution in [1.82, 2.24) is 0 Å². The van der Waals surface area contributed by atoms with E-state index in [9.17, 15) is 26.0 Å². The lowest BCUT2D eigenvalue weighted by atomic mass is 10.1. The van der Waals surface area contributed by atoms with Gasteiger partial charge in [0.05, 0.1) is 11.4 Å². The van der Waals surface area contributed by atoms with E-state index < -0.39 is 21.3 Å². The van der Waals surface area contributed by atoms with Crippen LogP contribution in [0.1, 0.15) is 23.6 Å². The molecule has 27 heavy (non-hydrogen) atoms. The highest BCUT2D eigenvalue weighted by Gasteiger charge is 2.46. The molecule has 2 aromatic rings. The van der Waals surface area contributed by atoms with Gasteiger partial charge in [-0.1, -0.05) is 35.0 Å². The fourth-order valence-electron chi connectivity index (χ4n) is 2.11. The number of oxime groups is 1. The molecule has 0 aliphatic rings. The Hall–Kier alpha value is -2.62. The summed E-state index contributed by atoms with van der Waals surface area (Å²) in [6.07, 6.45) is 0. The Balaban J connectivity index is 2.26. The lowest BCUT2D eigenvalue weighted by Crippen LogP contribution is -2.30. The Kier molecular flexibility index (Phi) is 6.09. The number of benzene rings is 2. The smallest absolute Gasteiger partial charge is 0.391 e. The molecule has 10 heteroatoms. The van der Waals surface area contributed by atoms with Gasteiger partial charge < -0.3 is 4.84 Å². The van der Waals surface area contributed by atoms with Crippen LogP contribution in [0.5, 0.6) is 0 Å². The highest BCUT2D eigenvalue weighted by atomic mass is 32.2. The van der Waals surface area contributed by atoms with Gasteiger partial charge in [0.1, 0.15) is 12.4 Å². The monoisotopic (exact) mass is 404 g/mol. The summed E-state index contributed by atoms with van der Waals surface area (Å²) in [6.45, 7) is 2.92. The van der Waals surface area contributed by atoms with Gasteiger partial charge in [-0.2, -0.15) is 21.6 Å². The van der Waals surface area contributed by atoms with Gasteiger partial charge in [0.2, 0.25) is 0 Å². The van der Waals surface area contributed by atoms with E-state index in [0.29, 0.717) is 5.56 Å². The largest absolute Gasteiger partial charge is 0.516 e. The maximum Gasteiger partial charge on any atom is 0.516 e. The van der Waals surface area contributed by atoms with E-state index in [-0.39, 0.29) is 29.1 Å². The van der Waals surface area contributed by atoms with Crippen LogP contribution in [0.4, 0.5) is 23.2 Å². The van der Waals surface area contributed by atoms with E-state index in [1.807, 2.05) is 0 Å². The molecule has 0 saturated heterocycles. The normalized spacial score (nSPS) is 12.7. The molecule has 1 N–H and O–H groups in total. The molecule has 0 radical (unpaired) electrons. The van der Waals surface area contributed by atoms with Crippen LogP contribution in [0.25, 0.3) is 0 Å². The van der Waals surface area contributed by atoms with Crippen LogP contribution in [0.15, 0.2) is 47.6 Å². The molecule has 0 atom stereocenters. The summed E-state index contributed by atoms with van der Waals surface area (Å²) >= 11 is 0. The zero-order valence-electron chi connectivity index (χ0n) is 14.3. The van der Waals surface area contributed by atoms with E-state index in [4.69, 9.17) is 4.84 Å². The van der Waals surface area contributed by atoms with Gasteiger partial charge in [-0.3, -0.25) is 4.72 Å². The van der Waals surface area contributed by atoms with E-state index in [2.05, 4.69) is 5.16 Å². The molecule has 146 valence electrons. The molecule has 2 aromatic carbocycles. The Morgan fingerprint density at radius 1 is 1.19 bits per heavy atom. The fourth-order valence-corrected chi connectivity index (χ4v) is 2.70. The fraction of sp³-hybridized carbons (Fsp3) is 0.235. The highest BCUT2D eigenvalue weighted by molar-refractivity contribution is 7.93. The minimum absolute atomic E-state index is 0.108. The SMILES string of the molecule is C/C(=N\OCc1ccccc1F)c1cc(C)ccc1NS(=O)(=O)C(F)(F)F. The summed E-state index contributed by atoms with van der Waals surface area (Å²) in [6, 6.07) is 9.98. The van der Waals surface area contributed by atoms with Crippen molar-refractivity contribution >= 4 is 21.4 Å². The van der Waals surface area contributed by atoms with Crippen LogP contribution >= 0.6 is 0 Å². The third kappa shape index (κ3) is 5.19. The van der Waals surface area contributed by atoms with Gasteiger partial charge in [-0.05, 0) is 32.0 Å². The lowest BCUT2D eigenvalue weighted by Gasteiger charge is -2.14. The van der Waals surface area contributed by atoms with Crippen molar-refractivity contribution in [3.63, 3.8) is 0 Å². The number of nitrogens with one attached hydrogen (secondary N) is 1. The first-order valence-corrected chi connectivity index (χ1v) is 9.09. The molecule has 0 fully saturated rings. The van der Waals surface area contributed by atoms with Crippen LogP contribution < -0.4 is 4.72 Å². The molecular weight excluding hydrogens is 388 g/mol. The summed E-state index contributed by atoms with van der Waals surface area (Å²) in [4.78, 5) is 5.06. The molecular formula is C17H16F4N2O3S. The number of halogens is 4. The number of nitrogens with zero attached hydrogens (tertiary/aromatic N) is 1. The van der Waals surface area contributed by atoms with Gasteiger partial charge in [0.15, 0.2) is 0 Å². The van der Waals surface area contributed by atoms with Crippen molar-refractivity contribution in [1.29, 1.82) is 0 Å². The Morgan fingerprint density at radius 2 is 1.85 bits per heavy atom. The first-order valence-electron chi connectivity index (χ1n) is 7.61. The zero-order chi connectivity index (χ0) is 20.2. The van der Waals surface area contributed by atoms with E-state index >= 15 is 0 Å². The molecule has 0 amide bonds. The highest BCUT2D eigenvalue weighted by Crippen LogP contribution is 2.28. The molecule has 2 rings (SSSR count). The van der Waals surface area contributed by atoms with E-state index in [1.54, 1.807) is 13.0 Å². The topological polar surface area (TPSA) is 67.8 Å². The summed E-state index contributed by atoms with van der Waals surface area (Å²) < 4.78 is 75.6. The van der Waals surface area contributed by atoms with E-state index in [0.717, 1.165) is 0 Å². The number of hydrogen-bond acceptors (Lipinski definition) is 4. The van der Waals surface area contributed by atoms with Crippen LogP contribution in [0.3, 0.4) is 0 Å². The molecule has 0 aromatic heterocycles. The minimum Gasteiger partial charge on any atom is -0.391 e. The minimum atomic E-state index is -5.58. The average Bonchev–Trinajstić information content (AvgIpc) is 2.57. The molecule has 0 spiro atoms. The number of aryl methyl sites for hydroxylation is 1. The molecule has 5 nitrogen and oxygen atoms in total. The summed E-state index contributed by atoms with van der Waals surface area (Å²) in [7, 11) is -5.58. The van der Waals surface area contributed by atoms with Crippen molar-refractivity contribution < 1.29 is 30.8 Å². The van der Waals surface area contributed by atoms with Gasteiger partial charge >= 0.3 is 15.5 Å². The first kappa shape index (κ1) is 20.7. The zero-order valence-corrected chi connectivity index (χ0v) is 15.2. The van der Waals surface area contributed by atoms with Crippen molar-refractivity contribution in [3.8, 4) is 0 Å². The number of alkyl halides is 3. The number of hydrogen-bond donors (Lipinski definition) is 1. The third-order valence-corrected chi connectivity index (χ3v) is 4.59. The van der Waals surface area contributed by atoms with Gasteiger partial charge in [0, 0.05) is 11.1 Å². The third-order valence-electron chi connectivity index (χ3n) is 3.49. The van der Waals surface area contributed by atoms with Crippen molar-refractivity contribution in [2.75, 3.05) is 4.72 Å². The number of sulfonamides is 1. The van der Waals surface area contributed by atoms with Crippen molar-refractivity contribution in [2.45, 2.75) is 26.0 Å². The molecule has 0 bridgehead atoms. The second-order valence-electron chi connectivity index (χ2n) is 5.64. The van der Waals surface area contributed by atoms with Gasteiger partial charge in [-0.15, -0.1) is 0 Å². The predicted octanol–water partition coefficient (Wildman–Crippen LogP) is 4.34. The van der Waals surface area contributed by atoms with E-state index in [1.165, 1.54) is 48.0 Å². The summed E-state index contributed by atoms with van der Waals surface area (Å²) in [5, 5.41) is 3.76. The number of rotatable bonds is 6. The molecule has 0 aliphatic heterocycles. The van der Waals surface area contributed by atoms with Crippen LogP contribution in [0.2, 0.25) is 0 Å². The van der Waals surface area contributed by atoms with Crippen LogP contribution in [-0.4, -0.2) is 19.6 Å². The average molecular weight is 404 g/mol.